The number of halogens is 1. The smallest absolute Gasteiger partial charge is 0.0517 e. The number of hydrogen-bond donors (Lipinski definition) is 1. The minimum Gasteiger partial charge on any atom is -0.307 e. The number of hydrogen-bond acceptors (Lipinski definition) is 1. The fourth-order valence-electron chi connectivity index (χ4n) is 0.956. The molecule has 1 N–H and O–H groups in total. The molecule has 8 heavy (non-hydrogen) atoms. The summed E-state index contributed by atoms with van der Waals surface area (Å²) in [6.45, 7) is 1.21. The highest BCUT2D eigenvalue weighted by Crippen LogP contribution is 2.24. The summed E-state index contributed by atoms with van der Waals surface area (Å²) in [5.41, 5.74) is 0.948. The van der Waals surface area contributed by atoms with Crippen molar-refractivity contribution >= 4 is 15.9 Å². The van der Waals surface area contributed by atoms with E-state index in [1.54, 1.807) is 0 Å². The van der Waals surface area contributed by atoms with Gasteiger partial charge in [0, 0.05) is 0 Å². The molecular weight excluding hydrogens is 166 g/mol. The van der Waals surface area contributed by atoms with Gasteiger partial charge in [-0.25, -0.2) is 0 Å². The van der Waals surface area contributed by atoms with Gasteiger partial charge >= 0.3 is 0 Å². The van der Waals surface area contributed by atoms with Gasteiger partial charge in [0.1, 0.15) is 0 Å². The van der Waals surface area contributed by atoms with E-state index in [1.807, 2.05) is 0 Å². The van der Waals surface area contributed by atoms with Crippen LogP contribution >= 0.6 is 15.9 Å². The molecule has 1 rings (SSSR count). The molecule has 48 valence electrons. The standard InChI is InChI=1S/C6H12BrN/c7-5-8-4-6-2-1-3-6/h6,8H,1-5H2. The van der Waals surface area contributed by atoms with Crippen LogP contribution in [0.1, 0.15) is 19.3 Å². The maximum absolute atomic E-state index is 3.32. The highest BCUT2D eigenvalue weighted by molar-refractivity contribution is 9.09. The summed E-state index contributed by atoms with van der Waals surface area (Å²) in [5.74, 6) is 0.993. The van der Waals surface area contributed by atoms with Crippen LogP contribution in [-0.4, -0.2) is 12.0 Å². The minimum atomic E-state index is 0.948. The first-order chi connectivity index (χ1) is 3.93. The molecule has 0 aromatic rings. The predicted octanol–water partition coefficient (Wildman–Crippen LogP) is 1.73. The van der Waals surface area contributed by atoms with E-state index < -0.39 is 0 Å². The molecule has 0 saturated heterocycles. The summed E-state index contributed by atoms with van der Waals surface area (Å²) >= 11 is 3.32. The van der Waals surface area contributed by atoms with E-state index in [0.29, 0.717) is 0 Å². The summed E-state index contributed by atoms with van der Waals surface area (Å²) < 4.78 is 0. The third-order valence-corrected chi connectivity index (χ3v) is 2.15. The molecule has 0 heterocycles. The largest absolute Gasteiger partial charge is 0.307 e. The maximum atomic E-state index is 3.32. The first kappa shape index (κ1) is 6.56. The molecule has 1 aliphatic rings. The average Bonchev–Trinajstić information content (AvgIpc) is 1.63. The Labute approximate surface area is 59.0 Å². The Morgan fingerprint density at radius 3 is 2.62 bits per heavy atom. The van der Waals surface area contributed by atoms with E-state index in [-0.39, 0.29) is 0 Å². The molecule has 0 unspecified atom stereocenters. The molecule has 1 aliphatic carbocycles. The van der Waals surface area contributed by atoms with E-state index in [4.69, 9.17) is 0 Å². The Morgan fingerprint density at radius 1 is 1.50 bits per heavy atom. The van der Waals surface area contributed by atoms with Crippen LogP contribution in [0.3, 0.4) is 0 Å². The van der Waals surface area contributed by atoms with Crippen LogP contribution in [0.5, 0.6) is 0 Å². The summed E-state index contributed by atoms with van der Waals surface area (Å²) in [7, 11) is 0. The van der Waals surface area contributed by atoms with Gasteiger partial charge in [-0.05, 0) is 25.3 Å². The minimum absolute atomic E-state index is 0.948. The molecule has 0 radical (unpaired) electrons. The summed E-state index contributed by atoms with van der Waals surface area (Å²) in [6, 6.07) is 0. The van der Waals surface area contributed by atoms with Gasteiger partial charge in [0.2, 0.25) is 0 Å². The van der Waals surface area contributed by atoms with Crippen molar-refractivity contribution in [2.75, 3.05) is 12.0 Å². The van der Waals surface area contributed by atoms with Crippen molar-refractivity contribution < 1.29 is 0 Å². The van der Waals surface area contributed by atoms with E-state index in [1.165, 1.54) is 25.8 Å². The fraction of sp³-hybridized carbons (Fsp3) is 1.00. The van der Waals surface area contributed by atoms with Gasteiger partial charge in [-0.2, -0.15) is 0 Å². The molecule has 1 fully saturated rings. The van der Waals surface area contributed by atoms with Crippen molar-refractivity contribution in [2.45, 2.75) is 19.3 Å². The van der Waals surface area contributed by atoms with Gasteiger partial charge in [0.15, 0.2) is 0 Å². The number of rotatable bonds is 3. The van der Waals surface area contributed by atoms with Crippen LogP contribution in [0.2, 0.25) is 0 Å². The zero-order chi connectivity index (χ0) is 5.82. The van der Waals surface area contributed by atoms with Gasteiger partial charge in [-0.3, -0.25) is 0 Å². The second-order valence-electron chi connectivity index (χ2n) is 2.38. The third-order valence-electron chi connectivity index (χ3n) is 1.75. The molecule has 0 spiro atoms. The van der Waals surface area contributed by atoms with Gasteiger partial charge in [-0.15, -0.1) is 0 Å². The predicted molar refractivity (Wildman–Crippen MR) is 39.1 cm³/mol. The molecule has 1 nitrogen and oxygen atoms in total. The highest BCUT2D eigenvalue weighted by Gasteiger charge is 2.15. The van der Waals surface area contributed by atoms with E-state index in [9.17, 15) is 0 Å². The number of alkyl halides is 1. The van der Waals surface area contributed by atoms with Crippen LogP contribution < -0.4 is 5.32 Å². The molecule has 0 bridgehead atoms. The molecule has 0 atom stereocenters. The summed E-state index contributed by atoms with van der Waals surface area (Å²) in [4.78, 5) is 0. The molecule has 0 amide bonds. The summed E-state index contributed by atoms with van der Waals surface area (Å²) in [5, 5.41) is 3.27. The average molecular weight is 178 g/mol. The lowest BCUT2D eigenvalue weighted by Crippen LogP contribution is -2.26. The molecule has 2 heteroatoms. The summed E-state index contributed by atoms with van der Waals surface area (Å²) in [6.07, 6.45) is 4.34. The zero-order valence-electron chi connectivity index (χ0n) is 4.99. The van der Waals surface area contributed by atoms with Crippen LogP contribution in [0, 0.1) is 5.92 Å². The van der Waals surface area contributed by atoms with E-state index in [2.05, 4.69) is 21.2 Å². The fourth-order valence-corrected chi connectivity index (χ4v) is 1.18. The molecule has 0 aromatic carbocycles. The topological polar surface area (TPSA) is 12.0 Å². The Morgan fingerprint density at radius 2 is 2.25 bits per heavy atom. The van der Waals surface area contributed by atoms with Gasteiger partial charge < -0.3 is 5.32 Å². The molecule has 1 saturated carbocycles. The number of nitrogens with one attached hydrogen (secondary N) is 1. The Balaban J connectivity index is 1.86. The SMILES string of the molecule is BrCNCC1CCC1. The van der Waals surface area contributed by atoms with Crippen molar-refractivity contribution in [1.82, 2.24) is 5.32 Å². The van der Waals surface area contributed by atoms with Crippen molar-refractivity contribution in [2.24, 2.45) is 5.92 Å². The first-order valence-corrected chi connectivity index (χ1v) is 4.32. The Bertz CT molecular complexity index is 61.5. The molecular formula is C6H12BrN. The maximum Gasteiger partial charge on any atom is 0.0517 e. The lowest BCUT2D eigenvalue weighted by Gasteiger charge is -2.24. The van der Waals surface area contributed by atoms with Crippen molar-refractivity contribution in [1.29, 1.82) is 0 Å². The van der Waals surface area contributed by atoms with E-state index >= 15 is 0 Å². The lowest BCUT2D eigenvalue weighted by molar-refractivity contribution is 0.308. The lowest BCUT2D eigenvalue weighted by atomic mass is 9.86. The van der Waals surface area contributed by atoms with Gasteiger partial charge in [0.05, 0.1) is 5.45 Å². The zero-order valence-corrected chi connectivity index (χ0v) is 6.58. The van der Waals surface area contributed by atoms with Crippen LogP contribution in [0.25, 0.3) is 0 Å². The second-order valence-corrected chi connectivity index (χ2v) is 2.95. The monoisotopic (exact) mass is 177 g/mol. The Hall–Kier alpha value is 0.440. The van der Waals surface area contributed by atoms with Crippen molar-refractivity contribution in [3.05, 3.63) is 0 Å². The normalized spacial score (nSPS) is 20.6. The van der Waals surface area contributed by atoms with Crippen molar-refractivity contribution in [3.63, 3.8) is 0 Å². The van der Waals surface area contributed by atoms with E-state index in [0.717, 1.165) is 11.4 Å². The van der Waals surface area contributed by atoms with Crippen LogP contribution in [0.15, 0.2) is 0 Å². The van der Waals surface area contributed by atoms with Crippen LogP contribution in [0.4, 0.5) is 0 Å². The quantitative estimate of drug-likeness (QED) is 0.512. The van der Waals surface area contributed by atoms with Gasteiger partial charge in [0.25, 0.3) is 0 Å². The first-order valence-electron chi connectivity index (χ1n) is 3.20. The van der Waals surface area contributed by atoms with Crippen molar-refractivity contribution in [3.8, 4) is 0 Å². The molecule has 0 aromatic heterocycles. The molecule has 0 aliphatic heterocycles. The van der Waals surface area contributed by atoms with Crippen LogP contribution in [-0.2, 0) is 0 Å². The second kappa shape index (κ2) is 3.46. The highest BCUT2D eigenvalue weighted by atomic mass is 79.9. The van der Waals surface area contributed by atoms with Gasteiger partial charge in [-0.1, -0.05) is 22.4 Å². The Kier molecular flexibility index (Phi) is 2.84. The third kappa shape index (κ3) is 1.75.